The number of carbonyl (C=O) groups is 1. The van der Waals surface area contributed by atoms with Crippen molar-refractivity contribution in [2.24, 2.45) is 5.92 Å². The molecular weight excluding hydrogens is 424 g/mol. The van der Waals surface area contributed by atoms with Crippen LogP contribution >= 0.6 is 11.6 Å². The molecule has 0 saturated carbocycles. The van der Waals surface area contributed by atoms with E-state index in [-0.39, 0.29) is 11.8 Å². The summed E-state index contributed by atoms with van der Waals surface area (Å²) < 4.78 is 2.28. The van der Waals surface area contributed by atoms with Gasteiger partial charge in [-0.05, 0) is 31.0 Å². The van der Waals surface area contributed by atoms with Crippen LogP contribution in [-0.2, 0) is 17.9 Å². The highest BCUT2D eigenvalue weighted by molar-refractivity contribution is 6.31. The molecule has 1 aromatic carbocycles. The summed E-state index contributed by atoms with van der Waals surface area (Å²) in [5, 5.41) is 1.63. The maximum Gasteiger partial charge on any atom is 0.226 e. The summed E-state index contributed by atoms with van der Waals surface area (Å²) in [6.45, 7) is 8.13. The molecule has 0 radical (unpaired) electrons. The number of benzene rings is 1. The first-order valence-electron chi connectivity index (χ1n) is 11.3. The lowest BCUT2D eigenvalue weighted by atomic mass is 9.94. The first-order valence-corrected chi connectivity index (χ1v) is 11.7. The molecule has 0 bridgehead atoms. The fourth-order valence-corrected chi connectivity index (χ4v) is 5.26. The summed E-state index contributed by atoms with van der Waals surface area (Å²) >= 11 is 6.24. The Hall–Kier alpha value is -2.80. The van der Waals surface area contributed by atoms with E-state index in [4.69, 9.17) is 17.3 Å². The Labute approximate surface area is 193 Å². The van der Waals surface area contributed by atoms with Crippen LogP contribution in [0.5, 0.6) is 0 Å². The number of carbonyl (C=O) groups excluding carboxylic acids is 1. The molecular formula is C24H29ClN6O. The molecule has 2 aromatic heterocycles. The van der Waals surface area contributed by atoms with Crippen LogP contribution in [0.4, 0.5) is 11.4 Å². The number of rotatable bonds is 3. The van der Waals surface area contributed by atoms with Crippen molar-refractivity contribution in [3.8, 4) is 0 Å². The van der Waals surface area contributed by atoms with Gasteiger partial charge in [0, 0.05) is 48.4 Å². The van der Waals surface area contributed by atoms with Gasteiger partial charge in [0.15, 0.2) is 0 Å². The zero-order valence-corrected chi connectivity index (χ0v) is 19.3. The lowest BCUT2D eigenvalue weighted by Crippen LogP contribution is -2.45. The van der Waals surface area contributed by atoms with Crippen LogP contribution in [0.2, 0.25) is 5.02 Å². The number of fused-ring (bicyclic) bond motifs is 2. The quantitative estimate of drug-likeness (QED) is 0.648. The third-order valence-corrected chi connectivity index (χ3v) is 6.97. The molecule has 168 valence electrons. The van der Waals surface area contributed by atoms with Crippen molar-refractivity contribution >= 4 is 39.8 Å². The molecule has 1 saturated heterocycles. The normalized spacial score (nSPS) is 17.2. The molecule has 0 atom stereocenters. The van der Waals surface area contributed by atoms with Crippen molar-refractivity contribution < 1.29 is 4.79 Å². The fraction of sp³-hybridized carbons (Fsp3) is 0.458. The number of nitrogens with two attached hydrogens (primary N) is 1. The van der Waals surface area contributed by atoms with Crippen molar-refractivity contribution in [2.45, 2.75) is 45.7 Å². The van der Waals surface area contributed by atoms with Crippen molar-refractivity contribution in [1.29, 1.82) is 0 Å². The monoisotopic (exact) mass is 452 g/mol. The third-order valence-electron chi connectivity index (χ3n) is 6.73. The Balaban J connectivity index is 1.28. The second kappa shape index (κ2) is 8.28. The standard InChI is InChI=1S/C24H29ClN6O/c1-15(2)23-28-12-18-14-30(9-10-31(18)23)24(32)16-5-7-29(8-6-16)22-19-11-17(25)3-4-21(19)27-13-20(22)26/h3-4,11-13,15-16H,5-10,14,26H2,1-2H3. The molecule has 32 heavy (non-hydrogen) atoms. The molecule has 2 aliphatic rings. The number of pyridine rings is 1. The molecule has 3 aromatic rings. The van der Waals surface area contributed by atoms with Crippen LogP contribution in [0.1, 0.15) is 44.1 Å². The maximum atomic E-state index is 13.3. The maximum absolute atomic E-state index is 13.3. The molecule has 4 heterocycles. The minimum absolute atomic E-state index is 0.0446. The van der Waals surface area contributed by atoms with E-state index in [1.165, 1.54) is 0 Å². The number of nitrogen functional groups attached to an aromatic ring is 1. The lowest BCUT2D eigenvalue weighted by Gasteiger charge is -2.37. The van der Waals surface area contributed by atoms with E-state index in [0.717, 1.165) is 67.1 Å². The zero-order chi connectivity index (χ0) is 22.4. The summed E-state index contributed by atoms with van der Waals surface area (Å²) in [5.74, 6) is 1.81. The van der Waals surface area contributed by atoms with Crippen LogP contribution < -0.4 is 10.6 Å². The molecule has 0 aliphatic carbocycles. The summed E-state index contributed by atoms with van der Waals surface area (Å²) in [7, 11) is 0. The number of hydrogen-bond acceptors (Lipinski definition) is 5. The Bertz CT molecular complexity index is 1160. The van der Waals surface area contributed by atoms with E-state index in [2.05, 4.69) is 33.3 Å². The van der Waals surface area contributed by atoms with Crippen molar-refractivity contribution in [2.75, 3.05) is 30.3 Å². The van der Waals surface area contributed by atoms with Crippen LogP contribution in [0, 0.1) is 5.92 Å². The number of amides is 1. The fourth-order valence-electron chi connectivity index (χ4n) is 5.08. The van der Waals surface area contributed by atoms with Crippen LogP contribution in [0.25, 0.3) is 10.9 Å². The lowest BCUT2D eigenvalue weighted by molar-refractivity contribution is -0.137. The second-order valence-electron chi connectivity index (χ2n) is 9.16. The molecule has 1 amide bonds. The minimum atomic E-state index is 0.0446. The highest BCUT2D eigenvalue weighted by Crippen LogP contribution is 2.36. The van der Waals surface area contributed by atoms with E-state index in [1.807, 2.05) is 29.3 Å². The number of imidazole rings is 1. The second-order valence-corrected chi connectivity index (χ2v) is 9.60. The van der Waals surface area contributed by atoms with Gasteiger partial charge < -0.3 is 20.1 Å². The highest BCUT2D eigenvalue weighted by atomic mass is 35.5. The van der Waals surface area contributed by atoms with Gasteiger partial charge in [-0.25, -0.2) is 4.98 Å². The number of hydrogen-bond donors (Lipinski definition) is 1. The van der Waals surface area contributed by atoms with Gasteiger partial charge in [-0.3, -0.25) is 9.78 Å². The summed E-state index contributed by atoms with van der Waals surface area (Å²) in [4.78, 5) is 26.6. The minimum Gasteiger partial charge on any atom is -0.396 e. The van der Waals surface area contributed by atoms with Gasteiger partial charge in [-0.15, -0.1) is 0 Å². The highest BCUT2D eigenvalue weighted by Gasteiger charge is 2.32. The molecule has 7 nitrogen and oxygen atoms in total. The molecule has 0 unspecified atom stereocenters. The predicted octanol–water partition coefficient (Wildman–Crippen LogP) is 4.05. The van der Waals surface area contributed by atoms with Gasteiger partial charge in [0.1, 0.15) is 5.82 Å². The SMILES string of the molecule is CC(C)c1ncc2n1CCN(C(=O)C1CCN(c3c(N)cnc4ccc(Cl)cc34)CC1)C2. The van der Waals surface area contributed by atoms with E-state index < -0.39 is 0 Å². The molecule has 0 spiro atoms. The number of anilines is 2. The topological polar surface area (TPSA) is 80.3 Å². The van der Waals surface area contributed by atoms with Gasteiger partial charge in [-0.1, -0.05) is 25.4 Å². The van der Waals surface area contributed by atoms with E-state index in [1.54, 1.807) is 6.20 Å². The molecule has 1 fully saturated rings. The molecule has 5 rings (SSSR count). The van der Waals surface area contributed by atoms with Gasteiger partial charge in [-0.2, -0.15) is 0 Å². The number of piperidine rings is 1. The Morgan fingerprint density at radius 1 is 1.12 bits per heavy atom. The summed E-state index contributed by atoms with van der Waals surface area (Å²) in [5.41, 5.74) is 9.96. The Morgan fingerprint density at radius 2 is 1.91 bits per heavy atom. The predicted molar refractivity (Wildman–Crippen MR) is 128 cm³/mol. The average molecular weight is 453 g/mol. The first-order chi connectivity index (χ1) is 15.4. The molecule has 2 aliphatic heterocycles. The average Bonchev–Trinajstić information content (AvgIpc) is 3.22. The van der Waals surface area contributed by atoms with E-state index in [9.17, 15) is 4.79 Å². The van der Waals surface area contributed by atoms with Crippen molar-refractivity contribution in [3.05, 3.63) is 47.1 Å². The Morgan fingerprint density at radius 3 is 2.66 bits per heavy atom. The van der Waals surface area contributed by atoms with E-state index >= 15 is 0 Å². The van der Waals surface area contributed by atoms with Crippen LogP contribution in [0.15, 0.2) is 30.6 Å². The Kier molecular flexibility index (Phi) is 5.45. The van der Waals surface area contributed by atoms with Crippen LogP contribution in [0.3, 0.4) is 0 Å². The molecule has 2 N–H and O–H groups in total. The zero-order valence-electron chi connectivity index (χ0n) is 18.6. The summed E-state index contributed by atoms with van der Waals surface area (Å²) in [6.07, 6.45) is 5.27. The van der Waals surface area contributed by atoms with Crippen molar-refractivity contribution in [1.82, 2.24) is 19.4 Å². The smallest absolute Gasteiger partial charge is 0.226 e. The van der Waals surface area contributed by atoms with E-state index in [0.29, 0.717) is 23.2 Å². The molecule has 8 heteroatoms. The van der Waals surface area contributed by atoms with Gasteiger partial charge in [0.05, 0.1) is 41.5 Å². The largest absolute Gasteiger partial charge is 0.396 e. The van der Waals surface area contributed by atoms with Gasteiger partial charge in [0.25, 0.3) is 0 Å². The first kappa shape index (κ1) is 21.1. The van der Waals surface area contributed by atoms with Crippen molar-refractivity contribution in [3.63, 3.8) is 0 Å². The number of halogens is 1. The van der Waals surface area contributed by atoms with Crippen LogP contribution in [-0.4, -0.2) is 45.0 Å². The summed E-state index contributed by atoms with van der Waals surface area (Å²) in [6, 6.07) is 5.69. The number of aromatic nitrogens is 3. The number of nitrogens with zero attached hydrogens (tertiary/aromatic N) is 5. The van der Waals surface area contributed by atoms with Gasteiger partial charge >= 0.3 is 0 Å². The van der Waals surface area contributed by atoms with Gasteiger partial charge in [0.2, 0.25) is 5.91 Å². The third kappa shape index (κ3) is 3.68.